The molecule has 1 aliphatic rings. The van der Waals surface area contributed by atoms with Gasteiger partial charge in [0.05, 0.1) is 6.61 Å². The lowest BCUT2D eigenvalue weighted by Gasteiger charge is -2.09. The molecule has 1 aliphatic heterocycles. The van der Waals surface area contributed by atoms with Gasteiger partial charge in [0.2, 0.25) is 5.91 Å². The SMILES string of the molecule is CCCC/C=C/CCCCCCCCCCCCCCCCOC(=O)[C@@H]1CCC(=O)N1. The first-order valence-corrected chi connectivity index (χ1v) is 13.3. The highest BCUT2D eigenvalue weighted by atomic mass is 16.5. The van der Waals surface area contributed by atoms with E-state index in [1.54, 1.807) is 0 Å². The van der Waals surface area contributed by atoms with Gasteiger partial charge in [-0.25, -0.2) is 4.79 Å². The molecule has 0 spiro atoms. The van der Waals surface area contributed by atoms with Gasteiger partial charge in [0, 0.05) is 6.42 Å². The number of carbonyl (C=O) groups excluding carboxylic acids is 2. The molecule has 1 N–H and O–H groups in total. The van der Waals surface area contributed by atoms with Crippen LogP contribution in [-0.2, 0) is 14.3 Å². The molecule has 1 rings (SSSR count). The zero-order chi connectivity index (χ0) is 22.4. The van der Waals surface area contributed by atoms with Gasteiger partial charge in [0.25, 0.3) is 0 Å². The summed E-state index contributed by atoms with van der Waals surface area (Å²) in [6.07, 6.45) is 29.4. The van der Waals surface area contributed by atoms with Crippen LogP contribution in [0.4, 0.5) is 0 Å². The second kappa shape index (κ2) is 20.6. The molecule has 0 saturated carbocycles. The van der Waals surface area contributed by atoms with Gasteiger partial charge < -0.3 is 10.1 Å². The maximum atomic E-state index is 11.8. The van der Waals surface area contributed by atoms with Crippen molar-refractivity contribution in [3.63, 3.8) is 0 Å². The van der Waals surface area contributed by atoms with Gasteiger partial charge in [-0.1, -0.05) is 109 Å². The monoisotopic (exact) mass is 435 g/mol. The molecule has 0 aliphatic carbocycles. The Labute approximate surface area is 192 Å². The number of rotatable bonds is 21. The van der Waals surface area contributed by atoms with Crippen LogP contribution in [0.1, 0.15) is 135 Å². The molecule has 180 valence electrons. The molecule has 0 aromatic rings. The number of carbonyl (C=O) groups is 2. The normalized spacial score (nSPS) is 16.2. The summed E-state index contributed by atoms with van der Waals surface area (Å²) in [6.45, 7) is 2.74. The van der Waals surface area contributed by atoms with Gasteiger partial charge in [0.1, 0.15) is 6.04 Å². The number of hydrogen-bond acceptors (Lipinski definition) is 3. The zero-order valence-corrected chi connectivity index (χ0v) is 20.3. The number of amides is 1. The van der Waals surface area contributed by atoms with Crippen LogP contribution in [0, 0.1) is 0 Å². The molecule has 0 unspecified atom stereocenters. The Balaban J connectivity index is 1.70. The van der Waals surface area contributed by atoms with Crippen molar-refractivity contribution in [2.24, 2.45) is 0 Å². The van der Waals surface area contributed by atoms with Gasteiger partial charge in [-0.15, -0.1) is 0 Å². The highest BCUT2D eigenvalue weighted by molar-refractivity contribution is 5.87. The van der Waals surface area contributed by atoms with Crippen LogP contribution in [0.5, 0.6) is 0 Å². The fourth-order valence-corrected chi connectivity index (χ4v) is 4.11. The van der Waals surface area contributed by atoms with Gasteiger partial charge >= 0.3 is 5.97 Å². The van der Waals surface area contributed by atoms with Gasteiger partial charge in [0.15, 0.2) is 0 Å². The van der Waals surface area contributed by atoms with E-state index in [4.69, 9.17) is 4.74 Å². The average Bonchev–Trinajstić information content (AvgIpc) is 3.21. The minimum atomic E-state index is -0.407. The summed E-state index contributed by atoms with van der Waals surface area (Å²) >= 11 is 0. The number of allylic oxidation sites excluding steroid dienone is 2. The Kier molecular flexibility index (Phi) is 18.4. The van der Waals surface area contributed by atoms with E-state index in [0.717, 1.165) is 12.8 Å². The number of unbranched alkanes of at least 4 members (excludes halogenated alkanes) is 16. The van der Waals surface area contributed by atoms with E-state index in [1.165, 1.54) is 103 Å². The molecule has 1 amide bonds. The van der Waals surface area contributed by atoms with E-state index in [2.05, 4.69) is 24.4 Å². The summed E-state index contributed by atoms with van der Waals surface area (Å²) < 4.78 is 5.25. The van der Waals surface area contributed by atoms with Crippen molar-refractivity contribution < 1.29 is 14.3 Å². The molecule has 0 aromatic heterocycles. The number of nitrogens with one attached hydrogen (secondary N) is 1. The van der Waals surface area contributed by atoms with Crippen LogP contribution in [0.3, 0.4) is 0 Å². The minimum Gasteiger partial charge on any atom is -0.464 e. The number of ether oxygens (including phenoxy) is 1. The van der Waals surface area contributed by atoms with Crippen molar-refractivity contribution in [1.29, 1.82) is 0 Å². The largest absolute Gasteiger partial charge is 0.464 e. The first-order valence-electron chi connectivity index (χ1n) is 13.3. The van der Waals surface area contributed by atoms with Crippen molar-refractivity contribution in [3.8, 4) is 0 Å². The third-order valence-electron chi connectivity index (χ3n) is 6.18. The predicted molar refractivity (Wildman–Crippen MR) is 130 cm³/mol. The molecular formula is C27H49NO3. The lowest BCUT2D eigenvalue weighted by atomic mass is 10.0. The summed E-state index contributed by atoms with van der Waals surface area (Å²) in [5, 5.41) is 2.65. The van der Waals surface area contributed by atoms with Crippen LogP contribution < -0.4 is 5.32 Å². The van der Waals surface area contributed by atoms with E-state index in [0.29, 0.717) is 19.4 Å². The van der Waals surface area contributed by atoms with E-state index >= 15 is 0 Å². The second-order valence-electron chi connectivity index (χ2n) is 9.18. The molecule has 4 nitrogen and oxygen atoms in total. The summed E-state index contributed by atoms with van der Waals surface area (Å²) in [7, 11) is 0. The van der Waals surface area contributed by atoms with Crippen molar-refractivity contribution in [2.75, 3.05) is 6.61 Å². The van der Waals surface area contributed by atoms with Crippen LogP contribution in [0.15, 0.2) is 12.2 Å². The minimum absolute atomic E-state index is 0.0429. The Hall–Kier alpha value is -1.32. The lowest BCUT2D eigenvalue weighted by molar-refractivity contribution is -0.146. The molecule has 31 heavy (non-hydrogen) atoms. The van der Waals surface area contributed by atoms with E-state index in [1.807, 2.05) is 0 Å². The Morgan fingerprint density at radius 3 is 1.77 bits per heavy atom. The first-order chi connectivity index (χ1) is 15.2. The van der Waals surface area contributed by atoms with Gasteiger partial charge in [-0.3, -0.25) is 4.79 Å². The van der Waals surface area contributed by atoms with Crippen LogP contribution >= 0.6 is 0 Å². The molecule has 4 heteroatoms. The van der Waals surface area contributed by atoms with E-state index in [-0.39, 0.29) is 11.9 Å². The highest BCUT2D eigenvalue weighted by Crippen LogP contribution is 2.14. The molecule has 0 bridgehead atoms. The topological polar surface area (TPSA) is 55.4 Å². The maximum Gasteiger partial charge on any atom is 0.328 e. The third-order valence-corrected chi connectivity index (χ3v) is 6.18. The van der Waals surface area contributed by atoms with Crippen LogP contribution in [0.25, 0.3) is 0 Å². The Morgan fingerprint density at radius 2 is 1.29 bits per heavy atom. The van der Waals surface area contributed by atoms with Gasteiger partial charge in [-0.2, -0.15) is 0 Å². The van der Waals surface area contributed by atoms with E-state index < -0.39 is 6.04 Å². The molecule has 1 atom stereocenters. The van der Waals surface area contributed by atoms with Gasteiger partial charge in [-0.05, 0) is 32.1 Å². The first kappa shape index (κ1) is 27.7. The summed E-state index contributed by atoms with van der Waals surface area (Å²) in [6, 6.07) is -0.407. The van der Waals surface area contributed by atoms with Crippen LogP contribution in [-0.4, -0.2) is 24.5 Å². The zero-order valence-electron chi connectivity index (χ0n) is 20.3. The van der Waals surface area contributed by atoms with Crippen molar-refractivity contribution in [2.45, 2.75) is 141 Å². The predicted octanol–water partition coefficient (Wildman–Crippen LogP) is 7.41. The number of hydrogen-bond donors (Lipinski definition) is 1. The molecule has 0 radical (unpaired) electrons. The second-order valence-corrected chi connectivity index (χ2v) is 9.18. The number of esters is 1. The third kappa shape index (κ3) is 17.0. The summed E-state index contributed by atoms with van der Waals surface area (Å²) in [5.41, 5.74) is 0. The average molecular weight is 436 g/mol. The van der Waals surface area contributed by atoms with Crippen molar-refractivity contribution in [1.82, 2.24) is 5.32 Å². The standard InChI is InChI=1S/C27H49NO3/c1-2-3-4-5-6-7-8-9-10-11-12-13-14-15-16-17-18-19-20-21-24-31-27(30)25-22-23-26(29)28-25/h5-6,25H,2-4,7-24H2,1H3,(H,28,29)/b6-5+/t25-/m0/s1. The molecule has 0 aromatic carbocycles. The van der Waals surface area contributed by atoms with Crippen LogP contribution in [0.2, 0.25) is 0 Å². The highest BCUT2D eigenvalue weighted by Gasteiger charge is 2.28. The smallest absolute Gasteiger partial charge is 0.328 e. The molecule has 1 saturated heterocycles. The lowest BCUT2D eigenvalue weighted by Crippen LogP contribution is -2.34. The fourth-order valence-electron chi connectivity index (χ4n) is 4.11. The Bertz CT molecular complexity index is 475. The van der Waals surface area contributed by atoms with Crippen molar-refractivity contribution >= 4 is 11.9 Å². The fraction of sp³-hybridized carbons (Fsp3) is 0.852. The quantitative estimate of drug-likeness (QED) is 0.116. The Morgan fingerprint density at radius 1 is 0.806 bits per heavy atom. The molecular weight excluding hydrogens is 386 g/mol. The summed E-state index contributed by atoms with van der Waals surface area (Å²) in [5.74, 6) is -0.306. The molecule has 1 fully saturated rings. The molecule has 1 heterocycles. The summed E-state index contributed by atoms with van der Waals surface area (Å²) in [4.78, 5) is 22.9. The maximum absolute atomic E-state index is 11.8. The van der Waals surface area contributed by atoms with Crippen molar-refractivity contribution in [3.05, 3.63) is 12.2 Å². The van der Waals surface area contributed by atoms with E-state index in [9.17, 15) is 9.59 Å².